The normalized spacial score (nSPS) is 10.4. The Kier molecular flexibility index (Phi) is 7.67. The minimum atomic E-state index is 0. The van der Waals surface area contributed by atoms with Gasteiger partial charge in [0.25, 0.3) is 0 Å². The summed E-state index contributed by atoms with van der Waals surface area (Å²) >= 11 is 1.69. The largest absolute Gasteiger partial charge is 1.00 e. The molecule has 0 unspecified atom stereocenters. The predicted molar refractivity (Wildman–Crippen MR) is 78.9 cm³/mol. The summed E-state index contributed by atoms with van der Waals surface area (Å²) < 4.78 is 5.62. The Bertz CT molecular complexity index is 474. The average Bonchev–Trinajstić information content (AvgIpc) is 2.91. The molecule has 1 aromatic carbocycles. The molecule has 0 fully saturated rings. The summed E-state index contributed by atoms with van der Waals surface area (Å²) in [5.74, 6) is 0.949. The van der Waals surface area contributed by atoms with E-state index in [-0.39, 0.29) is 18.9 Å². The minimum Gasteiger partial charge on any atom is -0.494 e. The summed E-state index contributed by atoms with van der Waals surface area (Å²) in [5.41, 5.74) is 1.19. The van der Waals surface area contributed by atoms with E-state index >= 15 is 0 Å². The van der Waals surface area contributed by atoms with Gasteiger partial charge in [-0.15, -0.1) is 16.3 Å². The first-order valence-electron chi connectivity index (χ1n) is 6.24. The Morgan fingerprint density at radius 3 is 2.63 bits per heavy atom. The number of rotatable bonds is 6. The molecule has 0 N–H and O–H groups in total. The van der Waals surface area contributed by atoms with E-state index in [4.69, 9.17) is 4.74 Å². The van der Waals surface area contributed by atoms with Crippen molar-refractivity contribution in [2.75, 3.05) is 6.61 Å². The summed E-state index contributed by atoms with van der Waals surface area (Å²) in [4.78, 5) is 1.22. The first-order valence-corrected chi connectivity index (χ1v) is 7.12. The maximum absolute atomic E-state index is 5.62. The van der Waals surface area contributed by atoms with Crippen LogP contribution in [0.1, 0.15) is 30.2 Å². The van der Waals surface area contributed by atoms with Crippen molar-refractivity contribution in [1.29, 1.82) is 0 Å². The maximum atomic E-state index is 5.62. The van der Waals surface area contributed by atoms with Gasteiger partial charge >= 0.3 is 18.9 Å². The molecule has 1 heterocycles. The van der Waals surface area contributed by atoms with Gasteiger partial charge in [0.1, 0.15) is 5.75 Å². The summed E-state index contributed by atoms with van der Waals surface area (Å²) in [7, 11) is 0. The second-order valence-electron chi connectivity index (χ2n) is 4.05. The number of unbranched alkanes of at least 4 members (excludes halogenated alkanes) is 1. The SMILES string of the molecule is CCCCOc1ccc(/C=C/c2c[c-]cs2)cc1.[Li+]. The van der Waals surface area contributed by atoms with Crippen LogP contribution in [-0.4, -0.2) is 6.61 Å². The van der Waals surface area contributed by atoms with Crippen molar-refractivity contribution >= 4 is 23.5 Å². The van der Waals surface area contributed by atoms with Crippen molar-refractivity contribution in [1.82, 2.24) is 0 Å². The molecule has 0 amide bonds. The second kappa shape index (κ2) is 9.04. The fraction of sp³-hybridized carbons (Fsp3) is 0.250. The van der Waals surface area contributed by atoms with E-state index in [1.807, 2.05) is 23.6 Å². The van der Waals surface area contributed by atoms with Crippen LogP contribution in [0.5, 0.6) is 5.75 Å². The standard InChI is InChI=1S/C16H17OS.Li/c1-2-3-12-17-15-9-6-14(7-10-15)8-11-16-5-4-13-18-16;/h5-11,13H,2-3,12H2,1H3;/q-1;+1/b11-8+;. The molecule has 1 aromatic heterocycles. The Morgan fingerprint density at radius 1 is 1.21 bits per heavy atom. The zero-order valence-electron chi connectivity index (χ0n) is 11.6. The van der Waals surface area contributed by atoms with Gasteiger partial charge in [0.2, 0.25) is 0 Å². The van der Waals surface area contributed by atoms with Crippen molar-refractivity contribution < 1.29 is 23.6 Å². The van der Waals surface area contributed by atoms with Crippen LogP contribution in [0.3, 0.4) is 0 Å². The molecular formula is C16H17LiOS. The van der Waals surface area contributed by atoms with Crippen molar-refractivity contribution in [2.45, 2.75) is 19.8 Å². The zero-order valence-corrected chi connectivity index (χ0v) is 12.4. The van der Waals surface area contributed by atoms with E-state index in [1.165, 1.54) is 16.9 Å². The molecule has 0 atom stereocenters. The molecule has 0 radical (unpaired) electrons. The molecule has 0 saturated heterocycles. The van der Waals surface area contributed by atoms with Crippen molar-refractivity contribution in [3.63, 3.8) is 0 Å². The van der Waals surface area contributed by atoms with Gasteiger partial charge in [0.05, 0.1) is 6.61 Å². The molecule has 2 rings (SSSR count). The monoisotopic (exact) mass is 264 g/mol. The average molecular weight is 264 g/mol. The Labute approximate surface area is 131 Å². The van der Waals surface area contributed by atoms with Crippen molar-refractivity contribution in [2.24, 2.45) is 0 Å². The molecule has 0 bridgehead atoms. The number of thiophene rings is 1. The second-order valence-corrected chi connectivity index (χ2v) is 5.00. The van der Waals surface area contributed by atoms with Crippen LogP contribution in [0.2, 0.25) is 0 Å². The Morgan fingerprint density at radius 2 is 2.00 bits per heavy atom. The van der Waals surface area contributed by atoms with Crippen LogP contribution >= 0.6 is 11.3 Å². The fourth-order valence-corrected chi connectivity index (χ4v) is 2.08. The van der Waals surface area contributed by atoms with Crippen molar-refractivity contribution in [3.05, 3.63) is 52.2 Å². The third-order valence-electron chi connectivity index (χ3n) is 2.58. The Hall–Kier alpha value is -0.943. The quantitative estimate of drug-likeness (QED) is 0.440. The molecule has 1 nitrogen and oxygen atoms in total. The van der Waals surface area contributed by atoms with Crippen molar-refractivity contribution in [3.8, 4) is 5.75 Å². The van der Waals surface area contributed by atoms with E-state index in [1.54, 1.807) is 11.3 Å². The number of benzene rings is 1. The van der Waals surface area contributed by atoms with Crippen LogP contribution in [-0.2, 0) is 0 Å². The third kappa shape index (κ3) is 5.70. The number of hydrogen-bond acceptors (Lipinski definition) is 2. The van der Waals surface area contributed by atoms with Crippen LogP contribution in [0.4, 0.5) is 0 Å². The summed E-state index contributed by atoms with van der Waals surface area (Å²) in [6, 6.07) is 13.2. The van der Waals surface area contributed by atoms with Crippen LogP contribution in [0.25, 0.3) is 12.2 Å². The van der Waals surface area contributed by atoms with E-state index < -0.39 is 0 Å². The summed E-state index contributed by atoms with van der Waals surface area (Å²) in [6.45, 7) is 2.97. The van der Waals surface area contributed by atoms with Crippen LogP contribution in [0.15, 0.2) is 35.7 Å². The molecule has 2 aromatic rings. The Balaban J connectivity index is 0.00000180. The van der Waals surface area contributed by atoms with Gasteiger partial charge in [-0.2, -0.15) is 0 Å². The molecule has 19 heavy (non-hydrogen) atoms. The molecule has 0 aliphatic rings. The maximum Gasteiger partial charge on any atom is 1.00 e. The summed E-state index contributed by atoms with van der Waals surface area (Å²) in [5, 5.41) is 1.96. The molecule has 0 spiro atoms. The van der Waals surface area contributed by atoms with Gasteiger partial charge in [-0.25, -0.2) is 12.1 Å². The van der Waals surface area contributed by atoms with Gasteiger partial charge in [0, 0.05) is 0 Å². The van der Waals surface area contributed by atoms with Gasteiger partial charge in [-0.1, -0.05) is 31.6 Å². The van der Waals surface area contributed by atoms with Gasteiger partial charge in [-0.3, -0.25) is 11.3 Å². The van der Waals surface area contributed by atoms with E-state index in [0.29, 0.717) is 0 Å². The van der Waals surface area contributed by atoms with Gasteiger partial charge in [0.15, 0.2) is 0 Å². The van der Waals surface area contributed by atoms with E-state index in [9.17, 15) is 0 Å². The molecular weight excluding hydrogens is 247 g/mol. The third-order valence-corrected chi connectivity index (χ3v) is 3.36. The van der Waals surface area contributed by atoms with Gasteiger partial charge in [-0.05, 0) is 24.1 Å². The summed E-state index contributed by atoms with van der Waals surface area (Å²) in [6.07, 6.45) is 6.48. The fourth-order valence-electron chi connectivity index (χ4n) is 1.53. The van der Waals surface area contributed by atoms with E-state index in [0.717, 1.165) is 18.8 Å². The molecule has 0 aliphatic carbocycles. The number of hydrogen-bond donors (Lipinski definition) is 0. The minimum absolute atomic E-state index is 0. The van der Waals surface area contributed by atoms with E-state index in [2.05, 4.69) is 37.3 Å². The topological polar surface area (TPSA) is 9.23 Å². The molecule has 3 heteroatoms. The predicted octanol–water partition coefficient (Wildman–Crippen LogP) is 1.90. The zero-order chi connectivity index (χ0) is 12.6. The van der Waals surface area contributed by atoms with Crippen LogP contribution < -0.4 is 23.6 Å². The first-order chi connectivity index (χ1) is 8.88. The number of ether oxygens (including phenoxy) is 1. The van der Waals surface area contributed by atoms with Crippen LogP contribution in [0, 0.1) is 6.07 Å². The molecule has 0 saturated carbocycles. The van der Waals surface area contributed by atoms with Gasteiger partial charge < -0.3 is 4.74 Å². The molecule has 94 valence electrons. The molecule has 0 aliphatic heterocycles. The smallest absolute Gasteiger partial charge is 0.494 e. The first kappa shape index (κ1) is 16.1.